The van der Waals surface area contributed by atoms with Crippen LogP contribution in [0.25, 0.3) is 0 Å². The van der Waals surface area contributed by atoms with Crippen LogP contribution in [0.2, 0.25) is 0 Å². The number of rotatable bonds is 9. The molecule has 0 aromatic heterocycles. The summed E-state index contributed by atoms with van der Waals surface area (Å²) in [6.45, 7) is 2.87. The Morgan fingerprint density at radius 1 is 1.34 bits per heavy atom. The highest BCUT2D eigenvalue weighted by atomic mass is 19.4. The maximum absolute atomic E-state index is 12.6. The van der Waals surface area contributed by atoms with Gasteiger partial charge in [-0.05, 0) is 31.0 Å². The van der Waals surface area contributed by atoms with Gasteiger partial charge in [0.2, 0.25) is 0 Å². The van der Waals surface area contributed by atoms with Crippen LogP contribution in [0.3, 0.4) is 0 Å². The number of nitrogens with zero attached hydrogens (tertiary/aromatic N) is 2. The van der Waals surface area contributed by atoms with Gasteiger partial charge in [0, 0.05) is 25.7 Å². The molecule has 1 aromatic carbocycles. The van der Waals surface area contributed by atoms with Crippen LogP contribution in [0.15, 0.2) is 23.2 Å². The van der Waals surface area contributed by atoms with E-state index >= 15 is 0 Å². The minimum atomic E-state index is -4.18. The molecule has 0 saturated carbocycles. The van der Waals surface area contributed by atoms with E-state index in [0.717, 1.165) is 5.56 Å². The minimum absolute atomic E-state index is 0.0843. The summed E-state index contributed by atoms with van der Waals surface area (Å²) in [4.78, 5) is 5.93. The topological polar surface area (TPSA) is 78.4 Å². The monoisotopic (exact) mass is 418 g/mol. The number of hydrogen-bond acceptors (Lipinski definition) is 5. The molecule has 7 nitrogen and oxygen atoms in total. The zero-order chi connectivity index (χ0) is 21.3. The predicted molar refractivity (Wildman–Crippen MR) is 104 cm³/mol. The van der Waals surface area contributed by atoms with E-state index in [0.29, 0.717) is 50.1 Å². The van der Waals surface area contributed by atoms with E-state index in [2.05, 4.69) is 15.6 Å². The summed E-state index contributed by atoms with van der Waals surface area (Å²) in [5, 5.41) is 15.2. The molecule has 1 atom stereocenters. The van der Waals surface area contributed by atoms with Crippen molar-refractivity contribution < 1.29 is 27.8 Å². The number of ether oxygens (including phenoxy) is 2. The molecule has 0 spiro atoms. The first-order valence-electron chi connectivity index (χ1n) is 9.59. The summed E-state index contributed by atoms with van der Waals surface area (Å²) < 4.78 is 48.4. The number of aliphatic hydroxyl groups is 1. The van der Waals surface area contributed by atoms with Crippen LogP contribution >= 0.6 is 0 Å². The van der Waals surface area contributed by atoms with Crippen LogP contribution in [0.1, 0.15) is 18.9 Å². The van der Waals surface area contributed by atoms with Crippen LogP contribution in [-0.2, 0) is 6.54 Å². The number of methoxy groups -OCH3 is 1. The second-order valence-electron chi connectivity index (χ2n) is 6.73. The molecular formula is C19H29F3N4O3. The molecule has 1 saturated heterocycles. The molecule has 1 heterocycles. The van der Waals surface area contributed by atoms with Crippen LogP contribution < -0.4 is 20.1 Å². The van der Waals surface area contributed by atoms with E-state index in [9.17, 15) is 13.2 Å². The average molecular weight is 418 g/mol. The summed E-state index contributed by atoms with van der Waals surface area (Å²) in [5.74, 6) is 1.64. The molecule has 164 valence electrons. The van der Waals surface area contributed by atoms with Gasteiger partial charge in [-0.2, -0.15) is 13.2 Å². The molecule has 2 rings (SSSR count). The molecule has 1 aromatic rings. The van der Waals surface area contributed by atoms with Crippen molar-refractivity contribution in [2.24, 2.45) is 4.99 Å². The molecule has 0 bridgehead atoms. The number of guanidine groups is 1. The average Bonchev–Trinajstić information content (AvgIpc) is 3.09. The molecule has 1 unspecified atom stereocenters. The van der Waals surface area contributed by atoms with Crippen molar-refractivity contribution in [2.45, 2.75) is 32.1 Å². The second-order valence-corrected chi connectivity index (χ2v) is 6.73. The molecule has 1 aliphatic heterocycles. The van der Waals surface area contributed by atoms with E-state index in [1.165, 1.54) is 12.0 Å². The SMILES string of the molecule is CCNC(=NCc1ccc(OCCO)c(OC)c1)NC1CCN(CC(F)(F)F)C1. The molecule has 1 aliphatic rings. The van der Waals surface area contributed by atoms with Crippen molar-refractivity contribution in [1.29, 1.82) is 0 Å². The van der Waals surface area contributed by atoms with Gasteiger partial charge in [0.25, 0.3) is 0 Å². The lowest BCUT2D eigenvalue weighted by atomic mass is 10.2. The highest BCUT2D eigenvalue weighted by molar-refractivity contribution is 5.80. The van der Waals surface area contributed by atoms with Crippen molar-refractivity contribution in [2.75, 3.05) is 46.5 Å². The fraction of sp³-hybridized carbons (Fsp3) is 0.632. The van der Waals surface area contributed by atoms with Gasteiger partial charge in [0.15, 0.2) is 17.5 Å². The molecule has 1 fully saturated rings. The van der Waals surface area contributed by atoms with Gasteiger partial charge in [-0.15, -0.1) is 0 Å². The van der Waals surface area contributed by atoms with Gasteiger partial charge in [0.05, 0.1) is 26.8 Å². The minimum Gasteiger partial charge on any atom is -0.493 e. The number of likely N-dealkylation sites (tertiary alicyclic amines) is 1. The highest BCUT2D eigenvalue weighted by Gasteiger charge is 2.34. The summed E-state index contributed by atoms with van der Waals surface area (Å²) in [7, 11) is 1.53. The van der Waals surface area contributed by atoms with Gasteiger partial charge in [0.1, 0.15) is 6.61 Å². The van der Waals surface area contributed by atoms with Gasteiger partial charge < -0.3 is 25.2 Å². The molecule has 10 heteroatoms. The molecular weight excluding hydrogens is 389 g/mol. The maximum Gasteiger partial charge on any atom is 0.401 e. The van der Waals surface area contributed by atoms with E-state index in [4.69, 9.17) is 14.6 Å². The van der Waals surface area contributed by atoms with Gasteiger partial charge in [-0.1, -0.05) is 6.07 Å². The Hall–Kier alpha value is -2.20. The lowest BCUT2D eigenvalue weighted by Gasteiger charge is -2.19. The first kappa shape index (κ1) is 23.1. The zero-order valence-corrected chi connectivity index (χ0v) is 16.8. The first-order chi connectivity index (χ1) is 13.8. The lowest BCUT2D eigenvalue weighted by Crippen LogP contribution is -2.45. The van der Waals surface area contributed by atoms with Crippen LogP contribution in [0.5, 0.6) is 11.5 Å². The third-order valence-electron chi connectivity index (χ3n) is 4.36. The quantitative estimate of drug-likeness (QED) is 0.419. The fourth-order valence-electron chi connectivity index (χ4n) is 3.12. The Morgan fingerprint density at radius 3 is 2.79 bits per heavy atom. The standard InChI is InChI=1S/C19H29F3N4O3/c1-3-23-18(25-15-6-7-26(12-15)13-19(20,21)22)24-11-14-4-5-16(29-9-8-27)17(10-14)28-2/h4-5,10,15,27H,3,6-9,11-13H2,1-2H3,(H2,23,24,25). The number of aliphatic hydroxyl groups excluding tert-OH is 1. The molecule has 3 N–H and O–H groups in total. The lowest BCUT2D eigenvalue weighted by molar-refractivity contribution is -0.143. The third-order valence-corrected chi connectivity index (χ3v) is 4.36. The Labute approximate surface area is 168 Å². The van der Waals surface area contributed by atoms with Crippen LogP contribution in [0, 0.1) is 0 Å². The second kappa shape index (κ2) is 11.1. The summed E-state index contributed by atoms with van der Waals surface area (Å²) in [6.07, 6.45) is -3.55. The maximum atomic E-state index is 12.6. The molecule has 0 radical (unpaired) electrons. The van der Waals surface area contributed by atoms with Crippen LogP contribution in [0.4, 0.5) is 13.2 Å². The number of halogens is 3. The summed E-state index contributed by atoms with van der Waals surface area (Å²) >= 11 is 0. The van der Waals surface area contributed by atoms with Crippen LogP contribution in [-0.4, -0.2) is 74.7 Å². The van der Waals surface area contributed by atoms with E-state index < -0.39 is 12.7 Å². The van der Waals surface area contributed by atoms with Gasteiger partial charge >= 0.3 is 6.18 Å². The highest BCUT2D eigenvalue weighted by Crippen LogP contribution is 2.28. The van der Waals surface area contributed by atoms with Crippen molar-refractivity contribution in [1.82, 2.24) is 15.5 Å². The number of nitrogens with one attached hydrogen (secondary N) is 2. The summed E-state index contributed by atoms with van der Waals surface area (Å²) in [6, 6.07) is 5.33. The normalized spacial score (nSPS) is 18.0. The predicted octanol–water partition coefficient (Wildman–Crippen LogP) is 1.76. The van der Waals surface area contributed by atoms with Crippen molar-refractivity contribution in [3.63, 3.8) is 0 Å². The number of benzene rings is 1. The zero-order valence-electron chi connectivity index (χ0n) is 16.8. The van der Waals surface area contributed by atoms with Gasteiger partial charge in [-0.25, -0.2) is 4.99 Å². The molecule has 29 heavy (non-hydrogen) atoms. The number of aliphatic imine (C=N–C) groups is 1. The molecule has 0 aliphatic carbocycles. The van der Waals surface area contributed by atoms with Crippen molar-refractivity contribution in [3.8, 4) is 11.5 Å². The largest absolute Gasteiger partial charge is 0.493 e. The number of hydrogen-bond donors (Lipinski definition) is 3. The first-order valence-corrected chi connectivity index (χ1v) is 9.59. The van der Waals surface area contributed by atoms with Crippen molar-refractivity contribution >= 4 is 5.96 Å². The number of alkyl halides is 3. The smallest absolute Gasteiger partial charge is 0.401 e. The Kier molecular flexibility index (Phi) is 8.84. The third kappa shape index (κ3) is 7.98. The van der Waals surface area contributed by atoms with E-state index in [1.807, 2.05) is 13.0 Å². The van der Waals surface area contributed by atoms with E-state index in [-0.39, 0.29) is 19.3 Å². The molecule has 0 amide bonds. The fourth-order valence-corrected chi connectivity index (χ4v) is 3.12. The van der Waals surface area contributed by atoms with Crippen molar-refractivity contribution in [3.05, 3.63) is 23.8 Å². The Morgan fingerprint density at radius 2 is 2.14 bits per heavy atom. The summed E-state index contributed by atoms with van der Waals surface area (Å²) in [5.41, 5.74) is 0.889. The van der Waals surface area contributed by atoms with Gasteiger partial charge in [-0.3, -0.25) is 4.90 Å². The Balaban J connectivity index is 1.97. The Bertz CT molecular complexity index is 671. The van der Waals surface area contributed by atoms with E-state index in [1.54, 1.807) is 12.1 Å².